The SMILES string of the molecule is CC(C)(C)OC(=O)NC1(c2ccc(OCc3ccccc3)cc2)CCCCC1O. The lowest BCUT2D eigenvalue weighted by Crippen LogP contribution is -2.56. The van der Waals surface area contributed by atoms with Crippen LogP contribution in [0.15, 0.2) is 54.6 Å². The Bertz CT molecular complexity index is 798. The molecule has 1 aliphatic rings. The van der Waals surface area contributed by atoms with Gasteiger partial charge in [0.2, 0.25) is 0 Å². The van der Waals surface area contributed by atoms with Crippen LogP contribution in [0.25, 0.3) is 0 Å². The summed E-state index contributed by atoms with van der Waals surface area (Å²) >= 11 is 0. The van der Waals surface area contributed by atoms with Crippen molar-refractivity contribution in [2.24, 2.45) is 0 Å². The van der Waals surface area contributed by atoms with E-state index in [9.17, 15) is 9.90 Å². The van der Waals surface area contributed by atoms with Crippen molar-refractivity contribution in [2.75, 3.05) is 0 Å². The second kappa shape index (κ2) is 8.87. The predicted octanol–water partition coefficient (Wildman–Crippen LogP) is 4.92. The molecule has 1 saturated carbocycles. The van der Waals surface area contributed by atoms with Crippen molar-refractivity contribution in [3.8, 4) is 5.75 Å². The Labute approximate surface area is 173 Å². The molecule has 29 heavy (non-hydrogen) atoms. The molecule has 0 radical (unpaired) electrons. The van der Waals surface area contributed by atoms with Gasteiger partial charge >= 0.3 is 6.09 Å². The molecule has 0 aromatic heterocycles. The smallest absolute Gasteiger partial charge is 0.408 e. The molecule has 2 aromatic rings. The highest BCUT2D eigenvalue weighted by Crippen LogP contribution is 2.38. The average Bonchev–Trinajstić information content (AvgIpc) is 2.68. The quantitative estimate of drug-likeness (QED) is 0.751. The number of carbonyl (C=O) groups excluding carboxylic acids is 1. The van der Waals surface area contributed by atoms with E-state index in [0.717, 1.165) is 29.7 Å². The van der Waals surface area contributed by atoms with Crippen molar-refractivity contribution in [1.82, 2.24) is 5.32 Å². The molecule has 0 aliphatic heterocycles. The standard InChI is InChI=1S/C24H31NO4/c1-23(2,3)29-22(27)25-24(16-8-7-11-21(24)26)19-12-14-20(15-13-19)28-17-18-9-5-4-6-10-18/h4-6,9-10,12-15,21,26H,7-8,11,16-17H2,1-3H3,(H,25,27). The second-order valence-corrected chi connectivity index (χ2v) is 8.66. The van der Waals surface area contributed by atoms with E-state index in [0.29, 0.717) is 19.4 Å². The molecule has 0 saturated heterocycles. The monoisotopic (exact) mass is 397 g/mol. The van der Waals surface area contributed by atoms with Gasteiger partial charge in [0.1, 0.15) is 18.0 Å². The van der Waals surface area contributed by atoms with Crippen molar-refractivity contribution in [3.63, 3.8) is 0 Å². The zero-order valence-corrected chi connectivity index (χ0v) is 17.5. The van der Waals surface area contributed by atoms with Crippen LogP contribution in [0.4, 0.5) is 4.79 Å². The molecule has 156 valence electrons. The molecular weight excluding hydrogens is 366 g/mol. The molecule has 2 atom stereocenters. The van der Waals surface area contributed by atoms with Crippen molar-refractivity contribution >= 4 is 6.09 Å². The number of aliphatic hydroxyl groups excluding tert-OH is 1. The van der Waals surface area contributed by atoms with Crippen LogP contribution in [0.5, 0.6) is 5.75 Å². The Morgan fingerprint density at radius 3 is 2.41 bits per heavy atom. The predicted molar refractivity (Wildman–Crippen MR) is 113 cm³/mol. The van der Waals surface area contributed by atoms with Gasteiger partial charge in [0.05, 0.1) is 11.6 Å². The number of rotatable bonds is 5. The minimum atomic E-state index is -0.849. The summed E-state index contributed by atoms with van der Waals surface area (Å²) in [5.74, 6) is 0.746. The van der Waals surface area contributed by atoms with E-state index in [1.165, 1.54) is 0 Å². The first kappa shape index (κ1) is 21.2. The number of ether oxygens (including phenoxy) is 2. The van der Waals surface area contributed by atoms with Gasteiger partial charge in [0, 0.05) is 0 Å². The van der Waals surface area contributed by atoms with E-state index in [-0.39, 0.29) is 0 Å². The summed E-state index contributed by atoms with van der Waals surface area (Å²) in [5.41, 5.74) is 0.517. The molecular formula is C24H31NO4. The third kappa shape index (κ3) is 5.51. The van der Waals surface area contributed by atoms with Gasteiger partial charge in [0.25, 0.3) is 0 Å². The maximum Gasteiger partial charge on any atom is 0.408 e. The molecule has 5 nitrogen and oxygen atoms in total. The summed E-state index contributed by atoms with van der Waals surface area (Å²) < 4.78 is 11.3. The van der Waals surface area contributed by atoms with Crippen LogP contribution in [0.1, 0.15) is 57.6 Å². The topological polar surface area (TPSA) is 67.8 Å². The highest BCUT2D eigenvalue weighted by atomic mass is 16.6. The first-order valence-electron chi connectivity index (χ1n) is 10.2. The third-order valence-electron chi connectivity index (χ3n) is 5.21. The Kier molecular flexibility index (Phi) is 6.48. The van der Waals surface area contributed by atoms with Gasteiger partial charge in [-0.3, -0.25) is 0 Å². The van der Waals surface area contributed by atoms with E-state index in [4.69, 9.17) is 9.47 Å². The average molecular weight is 398 g/mol. The van der Waals surface area contributed by atoms with Crippen molar-refractivity contribution < 1.29 is 19.4 Å². The first-order valence-corrected chi connectivity index (χ1v) is 10.2. The Hall–Kier alpha value is -2.53. The molecule has 0 bridgehead atoms. The minimum absolute atomic E-state index is 0.490. The summed E-state index contributed by atoms with van der Waals surface area (Å²) in [6.07, 6.45) is 2.00. The fourth-order valence-electron chi connectivity index (χ4n) is 3.78. The van der Waals surface area contributed by atoms with Gasteiger partial charge in [-0.2, -0.15) is 0 Å². The van der Waals surface area contributed by atoms with Gasteiger partial charge in [-0.05, 0) is 56.9 Å². The number of hydrogen-bond donors (Lipinski definition) is 2. The molecule has 2 unspecified atom stereocenters. The van der Waals surface area contributed by atoms with Crippen molar-refractivity contribution in [2.45, 2.75) is 70.3 Å². The van der Waals surface area contributed by atoms with Gasteiger partial charge < -0.3 is 19.9 Å². The Morgan fingerprint density at radius 1 is 1.10 bits per heavy atom. The largest absolute Gasteiger partial charge is 0.489 e. The van der Waals surface area contributed by atoms with Gasteiger partial charge in [0.15, 0.2) is 0 Å². The summed E-state index contributed by atoms with van der Waals surface area (Å²) in [4.78, 5) is 12.5. The first-order chi connectivity index (χ1) is 13.8. The fraction of sp³-hybridized carbons (Fsp3) is 0.458. The summed E-state index contributed by atoms with van der Waals surface area (Å²) in [5, 5.41) is 13.8. The van der Waals surface area contributed by atoms with Crippen LogP contribution in [0.2, 0.25) is 0 Å². The van der Waals surface area contributed by atoms with E-state index in [1.807, 2.05) is 75.4 Å². The fourth-order valence-corrected chi connectivity index (χ4v) is 3.78. The van der Waals surface area contributed by atoms with Crippen LogP contribution >= 0.6 is 0 Å². The number of nitrogens with one attached hydrogen (secondary N) is 1. The van der Waals surface area contributed by atoms with Crippen LogP contribution in [0.3, 0.4) is 0 Å². The lowest BCUT2D eigenvalue weighted by molar-refractivity contribution is 0.000645. The molecule has 2 aromatic carbocycles. The number of alkyl carbamates (subject to hydrolysis) is 1. The molecule has 5 heteroatoms. The third-order valence-corrected chi connectivity index (χ3v) is 5.21. The number of carbonyl (C=O) groups is 1. The molecule has 0 heterocycles. The normalized spacial score (nSPS) is 22.0. The summed E-state index contributed by atoms with van der Waals surface area (Å²) in [6.45, 7) is 5.98. The van der Waals surface area contributed by atoms with Crippen LogP contribution < -0.4 is 10.1 Å². The summed E-state index contributed by atoms with van der Waals surface area (Å²) in [7, 11) is 0. The van der Waals surface area contributed by atoms with Gasteiger partial charge in [-0.15, -0.1) is 0 Å². The molecule has 1 aliphatic carbocycles. The van der Waals surface area contributed by atoms with Gasteiger partial charge in [-0.1, -0.05) is 55.3 Å². The van der Waals surface area contributed by atoms with Crippen LogP contribution in [-0.2, 0) is 16.9 Å². The highest BCUT2D eigenvalue weighted by Gasteiger charge is 2.43. The summed E-state index contributed by atoms with van der Waals surface area (Å²) in [6, 6.07) is 17.6. The number of hydrogen-bond acceptors (Lipinski definition) is 4. The van der Waals surface area contributed by atoms with E-state index >= 15 is 0 Å². The minimum Gasteiger partial charge on any atom is -0.489 e. The van der Waals surface area contributed by atoms with Gasteiger partial charge in [-0.25, -0.2) is 4.79 Å². The molecule has 1 fully saturated rings. The number of amides is 1. The molecule has 1 amide bonds. The maximum absolute atomic E-state index is 12.5. The zero-order valence-electron chi connectivity index (χ0n) is 17.5. The van der Waals surface area contributed by atoms with Crippen molar-refractivity contribution in [3.05, 3.63) is 65.7 Å². The molecule has 3 rings (SSSR count). The Balaban J connectivity index is 1.76. The molecule has 2 N–H and O–H groups in total. The number of benzene rings is 2. The van der Waals surface area contributed by atoms with Crippen LogP contribution in [0, 0.1) is 0 Å². The van der Waals surface area contributed by atoms with E-state index in [2.05, 4.69) is 5.32 Å². The molecule has 0 spiro atoms. The lowest BCUT2D eigenvalue weighted by Gasteiger charge is -2.42. The van der Waals surface area contributed by atoms with E-state index < -0.39 is 23.3 Å². The zero-order chi connectivity index (χ0) is 20.9. The van der Waals surface area contributed by atoms with Crippen LogP contribution in [-0.4, -0.2) is 22.9 Å². The highest BCUT2D eigenvalue weighted by molar-refractivity contribution is 5.69. The maximum atomic E-state index is 12.5. The van der Waals surface area contributed by atoms with E-state index in [1.54, 1.807) is 0 Å². The number of aliphatic hydroxyl groups is 1. The van der Waals surface area contributed by atoms with Crippen molar-refractivity contribution in [1.29, 1.82) is 0 Å². The lowest BCUT2D eigenvalue weighted by atomic mass is 9.74. The second-order valence-electron chi connectivity index (χ2n) is 8.66. The Morgan fingerprint density at radius 2 is 1.79 bits per heavy atom.